The van der Waals surface area contributed by atoms with Crippen LogP contribution in [0.4, 0.5) is 10.3 Å². The topological polar surface area (TPSA) is 109 Å². The summed E-state index contributed by atoms with van der Waals surface area (Å²) in [4.78, 5) is 37.0. The van der Waals surface area contributed by atoms with Gasteiger partial charge in [-0.1, -0.05) is 0 Å². The molecule has 3 saturated heterocycles. The number of hydrogen-bond donors (Lipinski definition) is 1. The van der Waals surface area contributed by atoms with Crippen LogP contribution in [0.5, 0.6) is 0 Å². The number of nitrogens with zero attached hydrogens (tertiary/aromatic N) is 6. The third-order valence-electron chi connectivity index (χ3n) is 7.67. The Labute approximate surface area is 232 Å². The lowest BCUT2D eigenvalue weighted by Gasteiger charge is -2.39. The van der Waals surface area contributed by atoms with Gasteiger partial charge in [0.2, 0.25) is 18.1 Å². The van der Waals surface area contributed by atoms with Gasteiger partial charge in [0, 0.05) is 51.0 Å². The molecule has 0 unspecified atom stereocenters. The van der Waals surface area contributed by atoms with E-state index in [1.165, 1.54) is 12.1 Å². The lowest BCUT2D eigenvalue weighted by molar-refractivity contribution is -0.235. The summed E-state index contributed by atoms with van der Waals surface area (Å²) in [7, 11) is 2.10. The van der Waals surface area contributed by atoms with Crippen molar-refractivity contribution in [2.24, 2.45) is 5.41 Å². The van der Waals surface area contributed by atoms with E-state index in [4.69, 9.17) is 24.2 Å². The Morgan fingerprint density at radius 3 is 2.40 bits per heavy atom. The predicted octanol–water partition coefficient (Wildman–Crippen LogP) is 2.34. The van der Waals surface area contributed by atoms with Gasteiger partial charge in [-0.15, -0.1) is 0 Å². The zero-order valence-corrected chi connectivity index (χ0v) is 22.8. The van der Waals surface area contributed by atoms with Crippen LogP contribution in [0.3, 0.4) is 0 Å². The third-order valence-corrected chi connectivity index (χ3v) is 7.67. The number of piperazine rings is 1. The molecule has 12 heteroatoms. The Kier molecular flexibility index (Phi) is 7.49. The van der Waals surface area contributed by atoms with Gasteiger partial charge in [0.25, 0.3) is 0 Å². The quantitative estimate of drug-likeness (QED) is 0.511. The number of ether oxygens (including phenoxy) is 3. The number of amides is 1. The normalized spacial score (nSPS) is 24.3. The van der Waals surface area contributed by atoms with Crippen LogP contribution in [0.25, 0.3) is 22.6 Å². The summed E-state index contributed by atoms with van der Waals surface area (Å²) in [5.41, 5.74) is 1.84. The molecule has 40 heavy (non-hydrogen) atoms. The second-order valence-corrected chi connectivity index (χ2v) is 10.8. The van der Waals surface area contributed by atoms with Crippen LogP contribution in [0, 0.1) is 11.2 Å². The maximum atomic E-state index is 13.7. The molecule has 212 valence electrons. The zero-order valence-electron chi connectivity index (χ0n) is 22.8. The van der Waals surface area contributed by atoms with Crippen molar-refractivity contribution >= 4 is 11.9 Å². The first-order chi connectivity index (χ1) is 19.4. The van der Waals surface area contributed by atoms with Crippen molar-refractivity contribution in [1.29, 1.82) is 0 Å². The summed E-state index contributed by atoms with van der Waals surface area (Å²) in [6, 6.07) is 7.99. The lowest BCUT2D eigenvalue weighted by atomic mass is 9.90. The number of aromatic amines is 1. The second kappa shape index (κ2) is 11.2. The van der Waals surface area contributed by atoms with Crippen molar-refractivity contribution in [3.8, 4) is 22.6 Å². The van der Waals surface area contributed by atoms with Gasteiger partial charge < -0.3 is 33.9 Å². The first-order valence-corrected chi connectivity index (χ1v) is 13.6. The first-order valence-electron chi connectivity index (χ1n) is 13.6. The van der Waals surface area contributed by atoms with E-state index in [-0.39, 0.29) is 24.9 Å². The predicted molar refractivity (Wildman–Crippen MR) is 145 cm³/mol. The number of nitrogens with one attached hydrogen (secondary N) is 1. The summed E-state index contributed by atoms with van der Waals surface area (Å²) in [5, 5.41) is 0. The minimum atomic E-state index is -0.798. The number of H-pyrrole nitrogens is 1. The van der Waals surface area contributed by atoms with E-state index >= 15 is 0 Å². The summed E-state index contributed by atoms with van der Waals surface area (Å²) in [5.74, 6) is 0.770. The van der Waals surface area contributed by atoms with E-state index in [2.05, 4.69) is 26.8 Å². The highest BCUT2D eigenvalue weighted by atomic mass is 19.1. The fourth-order valence-electron chi connectivity index (χ4n) is 5.19. The highest BCUT2D eigenvalue weighted by molar-refractivity contribution is 5.83. The highest BCUT2D eigenvalue weighted by Gasteiger charge is 2.43. The minimum absolute atomic E-state index is 0.00111. The Morgan fingerprint density at radius 1 is 1.00 bits per heavy atom. The van der Waals surface area contributed by atoms with Crippen LogP contribution in [0.15, 0.2) is 36.5 Å². The summed E-state index contributed by atoms with van der Waals surface area (Å²) < 4.78 is 31.3. The number of anilines is 1. The summed E-state index contributed by atoms with van der Waals surface area (Å²) in [6.07, 6.45) is 0.943. The van der Waals surface area contributed by atoms with Crippen molar-refractivity contribution in [2.75, 3.05) is 77.6 Å². The van der Waals surface area contributed by atoms with E-state index in [1.54, 1.807) is 23.2 Å². The van der Waals surface area contributed by atoms with Crippen molar-refractivity contribution in [3.05, 3.63) is 48.2 Å². The van der Waals surface area contributed by atoms with Gasteiger partial charge in [0.1, 0.15) is 5.82 Å². The summed E-state index contributed by atoms with van der Waals surface area (Å²) >= 11 is 0. The molecule has 0 saturated carbocycles. The SMILES string of the molecule is CN1CCN(c2nccc(-c3[nH]c(C4OCC(C)(C(=O)N5CCOCC5)CO4)nc3-c3ccc(F)cc3)n2)CC1. The molecule has 0 spiro atoms. The molecule has 1 N–H and O–H groups in total. The largest absolute Gasteiger partial charge is 0.378 e. The second-order valence-electron chi connectivity index (χ2n) is 10.8. The van der Waals surface area contributed by atoms with E-state index in [9.17, 15) is 9.18 Å². The molecule has 0 radical (unpaired) electrons. The number of carbonyl (C=O) groups is 1. The molecule has 0 aliphatic carbocycles. The molecule has 0 bridgehead atoms. The molecule has 0 atom stereocenters. The smallest absolute Gasteiger partial charge is 0.233 e. The average Bonchev–Trinajstić information content (AvgIpc) is 3.44. The standard InChI is InChI=1S/C28H34FN7O4/c1-28(26(37)35-13-15-38-16-14-35)17-39-25(40-18-28)24-32-22(19-3-5-20(29)6-4-19)23(33-24)21-7-8-30-27(31-21)36-11-9-34(2)10-12-36/h3-8,25H,9-18H2,1-2H3,(H,32,33). The molecule has 1 amide bonds. The molecular weight excluding hydrogens is 517 g/mol. The average molecular weight is 552 g/mol. The van der Waals surface area contributed by atoms with Crippen LogP contribution in [0.2, 0.25) is 0 Å². The van der Waals surface area contributed by atoms with Crippen LogP contribution in [0.1, 0.15) is 19.0 Å². The van der Waals surface area contributed by atoms with Gasteiger partial charge in [-0.25, -0.2) is 19.3 Å². The Bertz CT molecular complexity index is 1330. The van der Waals surface area contributed by atoms with Crippen LogP contribution in [-0.2, 0) is 19.0 Å². The lowest BCUT2D eigenvalue weighted by Crippen LogP contribution is -2.53. The number of aromatic nitrogens is 4. The van der Waals surface area contributed by atoms with Gasteiger partial charge >= 0.3 is 0 Å². The van der Waals surface area contributed by atoms with Gasteiger partial charge in [-0.05, 0) is 44.3 Å². The number of rotatable bonds is 5. The number of likely N-dealkylation sites (N-methyl/N-ethyl adjacent to an activating group) is 1. The molecule has 3 aliphatic rings. The van der Waals surface area contributed by atoms with Crippen LogP contribution >= 0.6 is 0 Å². The van der Waals surface area contributed by atoms with Gasteiger partial charge in [0.05, 0.1) is 48.9 Å². The molecule has 6 rings (SSSR count). The first kappa shape index (κ1) is 26.8. The van der Waals surface area contributed by atoms with Gasteiger partial charge in [-0.3, -0.25) is 4.79 Å². The molecule has 2 aromatic heterocycles. The number of morpholine rings is 1. The Balaban J connectivity index is 1.27. The van der Waals surface area contributed by atoms with Crippen molar-refractivity contribution < 1.29 is 23.4 Å². The molecule has 3 fully saturated rings. The van der Waals surface area contributed by atoms with Crippen molar-refractivity contribution in [1.82, 2.24) is 29.7 Å². The number of benzene rings is 1. The van der Waals surface area contributed by atoms with E-state index in [0.29, 0.717) is 55.2 Å². The van der Waals surface area contributed by atoms with Crippen molar-refractivity contribution in [3.63, 3.8) is 0 Å². The molecule has 1 aromatic carbocycles. The minimum Gasteiger partial charge on any atom is -0.378 e. The molecule has 3 aliphatic heterocycles. The monoisotopic (exact) mass is 551 g/mol. The fraction of sp³-hybridized carbons (Fsp3) is 0.500. The maximum Gasteiger partial charge on any atom is 0.233 e. The van der Waals surface area contributed by atoms with Crippen LogP contribution < -0.4 is 4.90 Å². The third kappa shape index (κ3) is 5.44. The molecule has 11 nitrogen and oxygen atoms in total. The number of imidazole rings is 1. The summed E-state index contributed by atoms with van der Waals surface area (Å²) in [6.45, 7) is 7.99. The number of halogens is 1. The number of hydrogen-bond acceptors (Lipinski definition) is 9. The fourth-order valence-corrected chi connectivity index (χ4v) is 5.19. The van der Waals surface area contributed by atoms with Crippen molar-refractivity contribution in [2.45, 2.75) is 13.2 Å². The van der Waals surface area contributed by atoms with Gasteiger partial charge in [0.15, 0.2) is 5.82 Å². The molecule has 5 heterocycles. The van der Waals surface area contributed by atoms with Gasteiger partial charge in [-0.2, -0.15) is 0 Å². The molecular formula is C28H34FN7O4. The highest BCUT2D eigenvalue weighted by Crippen LogP contribution is 2.36. The Morgan fingerprint density at radius 2 is 1.70 bits per heavy atom. The zero-order chi connectivity index (χ0) is 27.7. The van der Waals surface area contributed by atoms with E-state index in [1.807, 2.05) is 13.0 Å². The Hall–Kier alpha value is -3.45. The van der Waals surface area contributed by atoms with Crippen LogP contribution in [-0.4, -0.2) is 108 Å². The maximum absolute atomic E-state index is 13.7. The van der Waals surface area contributed by atoms with E-state index in [0.717, 1.165) is 31.7 Å². The number of carbonyl (C=O) groups excluding carboxylic acids is 1. The van der Waals surface area contributed by atoms with E-state index < -0.39 is 11.7 Å². The molecule has 3 aromatic rings.